The molecule has 0 spiro atoms. The monoisotopic (exact) mass is 230 g/mol. The highest BCUT2D eigenvalue weighted by atomic mass is 16.5. The summed E-state index contributed by atoms with van der Waals surface area (Å²) in [6, 6.07) is 0.0290. The lowest BCUT2D eigenvalue weighted by molar-refractivity contribution is -0.0881. The van der Waals surface area contributed by atoms with Crippen LogP contribution in [0, 0.1) is 5.92 Å². The Hall–Kier alpha value is -0.160. The van der Waals surface area contributed by atoms with E-state index in [9.17, 15) is 5.11 Å². The molecule has 1 saturated heterocycles. The minimum absolute atomic E-state index is 0.00220. The Labute approximate surface area is 98.8 Å². The van der Waals surface area contributed by atoms with Gasteiger partial charge in [0.05, 0.1) is 19.8 Å². The number of nitrogens with zero attached hydrogens (tertiary/aromatic N) is 1. The lowest BCUT2D eigenvalue weighted by atomic mass is 9.91. The van der Waals surface area contributed by atoms with Crippen molar-refractivity contribution in [1.29, 1.82) is 0 Å². The molecule has 1 aliphatic rings. The Morgan fingerprint density at radius 3 is 2.50 bits per heavy atom. The standard InChI is InChI=1S/C12H26N2O2/c1-9(2)11(13)10(7-15)14-5-6-16-8-12(14,3)4/h9-11,15H,5-8,13H2,1-4H3. The number of hydrogen-bond acceptors (Lipinski definition) is 4. The van der Waals surface area contributed by atoms with E-state index in [1.54, 1.807) is 0 Å². The van der Waals surface area contributed by atoms with Gasteiger partial charge in [-0.15, -0.1) is 0 Å². The van der Waals surface area contributed by atoms with E-state index >= 15 is 0 Å². The van der Waals surface area contributed by atoms with Crippen molar-refractivity contribution in [3.05, 3.63) is 0 Å². The summed E-state index contributed by atoms with van der Waals surface area (Å²) in [5.41, 5.74) is 6.14. The van der Waals surface area contributed by atoms with Crippen molar-refractivity contribution >= 4 is 0 Å². The topological polar surface area (TPSA) is 58.7 Å². The summed E-state index contributed by atoms with van der Waals surface area (Å²) in [5.74, 6) is 0.371. The molecule has 0 saturated carbocycles. The Morgan fingerprint density at radius 2 is 2.06 bits per heavy atom. The van der Waals surface area contributed by atoms with Gasteiger partial charge in [-0.2, -0.15) is 0 Å². The normalized spacial score (nSPS) is 25.7. The lowest BCUT2D eigenvalue weighted by Crippen LogP contribution is -2.63. The average molecular weight is 230 g/mol. The van der Waals surface area contributed by atoms with Crippen LogP contribution in [-0.2, 0) is 4.74 Å². The SMILES string of the molecule is CC(C)C(N)C(CO)N1CCOCC1(C)C. The van der Waals surface area contributed by atoms with Gasteiger partial charge in [-0.1, -0.05) is 13.8 Å². The molecule has 2 unspecified atom stereocenters. The Bertz CT molecular complexity index is 219. The molecule has 4 heteroatoms. The second-order valence-corrected chi connectivity index (χ2v) is 5.63. The maximum absolute atomic E-state index is 9.57. The molecule has 1 rings (SSSR count). The Morgan fingerprint density at radius 1 is 1.44 bits per heavy atom. The van der Waals surface area contributed by atoms with Crippen LogP contribution in [0.15, 0.2) is 0 Å². The van der Waals surface area contributed by atoms with E-state index in [1.165, 1.54) is 0 Å². The van der Waals surface area contributed by atoms with Crippen molar-refractivity contribution in [2.24, 2.45) is 11.7 Å². The maximum Gasteiger partial charge on any atom is 0.0645 e. The van der Waals surface area contributed by atoms with Crippen LogP contribution in [0.1, 0.15) is 27.7 Å². The zero-order chi connectivity index (χ0) is 12.3. The van der Waals surface area contributed by atoms with Gasteiger partial charge in [0.15, 0.2) is 0 Å². The highest BCUT2D eigenvalue weighted by Gasteiger charge is 2.38. The summed E-state index contributed by atoms with van der Waals surface area (Å²) in [6.07, 6.45) is 0. The maximum atomic E-state index is 9.57. The van der Waals surface area contributed by atoms with Gasteiger partial charge in [-0.3, -0.25) is 4.90 Å². The van der Waals surface area contributed by atoms with E-state index in [1.807, 2.05) is 0 Å². The van der Waals surface area contributed by atoms with Crippen LogP contribution in [0.5, 0.6) is 0 Å². The second kappa shape index (κ2) is 5.45. The van der Waals surface area contributed by atoms with Crippen LogP contribution in [0.3, 0.4) is 0 Å². The zero-order valence-electron chi connectivity index (χ0n) is 10.9. The minimum atomic E-state index is -0.0435. The molecule has 0 radical (unpaired) electrons. The number of morpholine rings is 1. The third-order valence-electron chi connectivity index (χ3n) is 3.51. The molecule has 2 atom stereocenters. The summed E-state index contributed by atoms with van der Waals surface area (Å²) in [7, 11) is 0. The molecular formula is C12H26N2O2. The first-order valence-electron chi connectivity index (χ1n) is 6.11. The van der Waals surface area contributed by atoms with Gasteiger partial charge >= 0.3 is 0 Å². The second-order valence-electron chi connectivity index (χ2n) is 5.63. The van der Waals surface area contributed by atoms with Crippen molar-refractivity contribution < 1.29 is 9.84 Å². The van der Waals surface area contributed by atoms with Crippen LogP contribution >= 0.6 is 0 Å². The molecule has 0 aromatic carbocycles. The summed E-state index contributed by atoms with van der Waals surface area (Å²) in [4.78, 5) is 2.29. The predicted octanol–water partition coefficient (Wildman–Crippen LogP) is 0.441. The van der Waals surface area contributed by atoms with Crippen LogP contribution in [0.4, 0.5) is 0 Å². The molecule has 16 heavy (non-hydrogen) atoms. The average Bonchev–Trinajstić information content (AvgIpc) is 2.20. The van der Waals surface area contributed by atoms with Crippen LogP contribution in [0.2, 0.25) is 0 Å². The zero-order valence-corrected chi connectivity index (χ0v) is 10.9. The van der Waals surface area contributed by atoms with Crippen LogP contribution in [-0.4, -0.2) is 54.0 Å². The number of nitrogens with two attached hydrogens (primary N) is 1. The molecule has 1 aliphatic heterocycles. The molecule has 1 fully saturated rings. The van der Waals surface area contributed by atoms with Crippen molar-refractivity contribution in [3.8, 4) is 0 Å². The van der Waals surface area contributed by atoms with Crippen molar-refractivity contribution in [2.45, 2.75) is 45.3 Å². The van der Waals surface area contributed by atoms with Crippen molar-refractivity contribution in [1.82, 2.24) is 4.90 Å². The summed E-state index contributed by atoms with van der Waals surface area (Å²) in [5, 5.41) is 9.57. The molecular weight excluding hydrogens is 204 g/mol. The van der Waals surface area contributed by atoms with Gasteiger partial charge in [0, 0.05) is 24.2 Å². The summed E-state index contributed by atoms with van der Waals surface area (Å²) in [6.45, 7) is 10.9. The van der Waals surface area contributed by atoms with Crippen LogP contribution < -0.4 is 5.73 Å². The number of rotatable bonds is 4. The highest BCUT2D eigenvalue weighted by Crippen LogP contribution is 2.24. The van der Waals surface area contributed by atoms with Gasteiger partial charge in [0.1, 0.15) is 0 Å². The fraction of sp³-hybridized carbons (Fsp3) is 1.00. The Balaban J connectivity index is 2.77. The van der Waals surface area contributed by atoms with Gasteiger partial charge in [-0.25, -0.2) is 0 Å². The van der Waals surface area contributed by atoms with E-state index in [4.69, 9.17) is 10.5 Å². The lowest BCUT2D eigenvalue weighted by Gasteiger charge is -2.48. The first-order valence-corrected chi connectivity index (χ1v) is 6.11. The number of ether oxygens (including phenoxy) is 1. The van der Waals surface area contributed by atoms with Gasteiger partial charge in [-0.05, 0) is 19.8 Å². The van der Waals surface area contributed by atoms with Gasteiger partial charge < -0.3 is 15.6 Å². The third-order valence-corrected chi connectivity index (χ3v) is 3.51. The molecule has 96 valence electrons. The quantitative estimate of drug-likeness (QED) is 0.736. The van der Waals surface area contributed by atoms with E-state index in [0.717, 1.165) is 13.2 Å². The first kappa shape index (κ1) is 13.9. The van der Waals surface area contributed by atoms with Crippen molar-refractivity contribution in [3.63, 3.8) is 0 Å². The fourth-order valence-electron chi connectivity index (χ4n) is 2.36. The molecule has 0 aromatic heterocycles. The molecule has 0 amide bonds. The minimum Gasteiger partial charge on any atom is -0.395 e. The predicted molar refractivity (Wildman–Crippen MR) is 65.3 cm³/mol. The highest BCUT2D eigenvalue weighted by molar-refractivity contribution is 4.93. The smallest absolute Gasteiger partial charge is 0.0645 e. The summed E-state index contributed by atoms with van der Waals surface area (Å²) < 4.78 is 5.49. The number of aliphatic hydroxyl groups is 1. The Kier molecular flexibility index (Phi) is 4.73. The third kappa shape index (κ3) is 2.94. The van der Waals surface area contributed by atoms with Crippen molar-refractivity contribution in [2.75, 3.05) is 26.4 Å². The first-order chi connectivity index (χ1) is 7.40. The molecule has 4 nitrogen and oxygen atoms in total. The van der Waals surface area contributed by atoms with Gasteiger partial charge in [0.2, 0.25) is 0 Å². The number of aliphatic hydroxyl groups excluding tert-OH is 1. The molecule has 3 N–H and O–H groups in total. The molecule has 0 bridgehead atoms. The largest absolute Gasteiger partial charge is 0.395 e. The molecule has 0 aliphatic carbocycles. The molecule has 1 heterocycles. The summed E-state index contributed by atoms with van der Waals surface area (Å²) >= 11 is 0. The molecule has 0 aromatic rings. The van der Waals surface area contributed by atoms with Gasteiger partial charge in [0.25, 0.3) is 0 Å². The van der Waals surface area contributed by atoms with E-state index in [2.05, 4.69) is 32.6 Å². The number of hydrogen-bond donors (Lipinski definition) is 2. The van der Waals surface area contributed by atoms with Crippen LogP contribution in [0.25, 0.3) is 0 Å². The fourth-order valence-corrected chi connectivity index (χ4v) is 2.36. The van der Waals surface area contributed by atoms with E-state index < -0.39 is 0 Å². The van der Waals surface area contributed by atoms with E-state index in [-0.39, 0.29) is 24.2 Å². The van der Waals surface area contributed by atoms with E-state index in [0.29, 0.717) is 12.5 Å².